The Bertz CT molecular complexity index is 829. The predicted molar refractivity (Wildman–Crippen MR) is 101 cm³/mol. The lowest BCUT2D eigenvalue weighted by Crippen LogP contribution is -2.36. The summed E-state index contributed by atoms with van der Waals surface area (Å²) in [7, 11) is 3.25. The first-order valence-corrected chi connectivity index (χ1v) is 9.50. The zero-order valence-corrected chi connectivity index (χ0v) is 16.3. The van der Waals surface area contributed by atoms with E-state index in [2.05, 4.69) is 27.3 Å². The Kier molecular flexibility index (Phi) is 4.80. The Labute approximate surface area is 160 Å². The number of benzene rings is 2. The first-order chi connectivity index (χ1) is 12.6. The van der Waals surface area contributed by atoms with Gasteiger partial charge in [0.25, 0.3) is 0 Å². The molecule has 1 N–H and O–H groups in total. The summed E-state index contributed by atoms with van der Waals surface area (Å²) < 4.78 is 31.6. The lowest BCUT2D eigenvalue weighted by Gasteiger charge is -2.43. The van der Waals surface area contributed by atoms with Crippen molar-refractivity contribution in [3.63, 3.8) is 0 Å². The number of ether oxygens (including phenoxy) is 3. The van der Waals surface area contributed by atoms with Crippen LogP contribution < -0.4 is 14.8 Å². The summed E-state index contributed by atoms with van der Waals surface area (Å²) in [6.45, 7) is 0.708. The molecule has 1 saturated heterocycles. The van der Waals surface area contributed by atoms with Crippen LogP contribution >= 0.6 is 15.9 Å². The molecule has 0 radical (unpaired) electrons. The maximum absolute atomic E-state index is 13.8. The van der Waals surface area contributed by atoms with Gasteiger partial charge in [0, 0.05) is 23.8 Å². The third kappa shape index (κ3) is 2.95. The van der Waals surface area contributed by atoms with Crippen molar-refractivity contribution in [1.29, 1.82) is 0 Å². The van der Waals surface area contributed by atoms with Gasteiger partial charge < -0.3 is 19.5 Å². The molecule has 4 nitrogen and oxygen atoms in total. The van der Waals surface area contributed by atoms with Crippen LogP contribution in [0.4, 0.5) is 10.1 Å². The van der Waals surface area contributed by atoms with Crippen LogP contribution in [0.15, 0.2) is 34.8 Å². The Morgan fingerprint density at radius 3 is 2.81 bits per heavy atom. The topological polar surface area (TPSA) is 39.7 Å². The standard InChI is InChI=1S/C20H21BrFNO3/c1-24-17-9-11(8-15(21)20(17)25-2)18-13-4-3-7-26-19(13)14-10-12(22)5-6-16(14)23-18/h5-6,8-10,13,18-19,23H,3-4,7H2,1-2H3. The highest BCUT2D eigenvalue weighted by molar-refractivity contribution is 9.10. The number of nitrogens with one attached hydrogen (secondary N) is 1. The molecule has 2 aromatic carbocycles. The monoisotopic (exact) mass is 421 g/mol. The molecule has 0 aromatic heterocycles. The van der Waals surface area contributed by atoms with E-state index in [1.165, 1.54) is 6.07 Å². The molecule has 2 aliphatic heterocycles. The molecule has 2 aliphatic rings. The van der Waals surface area contributed by atoms with Crippen molar-refractivity contribution in [1.82, 2.24) is 0 Å². The number of methoxy groups -OCH3 is 2. The van der Waals surface area contributed by atoms with Crippen LogP contribution in [0, 0.1) is 11.7 Å². The maximum Gasteiger partial charge on any atom is 0.174 e. The highest BCUT2D eigenvalue weighted by Crippen LogP contribution is 2.50. The summed E-state index contributed by atoms with van der Waals surface area (Å²) in [4.78, 5) is 0. The van der Waals surface area contributed by atoms with E-state index in [1.54, 1.807) is 26.4 Å². The van der Waals surface area contributed by atoms with Gasteiger partial charge in [0.2, 0.25) is 0 Å². The first-order valence-electron chi connectivity index (χ1n) is 8.71. The van der Waals surface area contributed by atoms with Crippen molar-refractivity contribution in [2.45, 2.75) is 25.0 Å². The van der Waals surface area contributed by atoms with Gasteiger partial charge in [-0.25, -0.2) is 4.39 Å². The van der Waals surface area contributed by atoms with E-state index in [0.29, 0.717) is 18.1 Å². The van der Waals surface area contributed by atoms with Crippen LogP contribution in [-0.4, -0.2) is 20.8 Å². The fourth-order valence-corrected chi connectivity index (χ4v) is 4.71. The Morgan fingerprint density at radius 1 is 1.19 bits per heavy atom. The van der Waals surface area contributed by atoms with E-state index < -0.39 is 0 Å². The van der Waals surface area contributed by atoms with E-state index in [4.69, 9.17) is 14.2 Å². The van der Waals surface area contributed by atoms with Gasteiger partial charge >= 0.3 is 0 Å². The average Bonchev–Trinajstić information content (AvgIpc) is 2.66. The number of halogens is 2. The highest BCUT2D eigenvalue weighted by atomic mass is 79.9. The fraction of sp³-hybridized carbons (Fsp3) is 0.400. The van der Waals surface area contributed by atoms with E-state index in [1.807, 2.05) is 6.07 Å². The van der Waals surface area contributed by atoms with Crippen molar-refractivity contribution < 1.29 is 18.6 Å². The molecular formula is C20H21BrFNO3. The molecule has 0 saturated carbocycles. The first kappa shape index (κ1) is 17.6. The van der Waals surface area contributed by atoms with Crippen molar-refractivity contribution in [2.24, 2.45) is 5.92 Å². The molecule has 3 unspecified atom stereocenters. The molecule has 6 heteroatoms. The van der Waals surface area contributed by atoms with Crippen LogP contribution in [0.25, 0.3) is 0 Å². The SMILES string of the molecule is COc1cc(C2Nc3ccc(F)cc3C3OCCCC23)cc(Br)c1OC. The Morgan fingerprint density at radius 2 is 2.04 bits per heavy atom. The van der Waals surface area contributed by atoms with Crippen molar-refractivity contribution in [3.05, 3.63) is 51.7 Å². The molecule has 2 heterocycles. The number of rotatable bonds is 3. The largest absolute Gasteiger partial charge is 0.493 e. The van der Waals surface area contributed by atoms with Gasteiger partial charge in [0.15, 0.2) is 11.5 Å². The van der Waals surface area contributed by atoms with Gasteiger partial charge in [-0.05, 0) is 64.7 Å². The second-order valence-electron chi connectivity index (χ2n) is 6.69. The van der Waals surface area contributed by atoms with Gasteiger partial charge in [-0.2, -0.15) is 0 Å². The molecule has 0 amide bonds. The maximum atomic E-state index is 13.8. The number of fused-ring (bicyclic) bond motifs is 3. The van der Waals surface area contributed by atoms with Crippen LogP contribution in [-0.2, 0) is 4.74 Å². The summed E-state index contributed by atoms with van der Waals surface area (Å²) >= 11 is 3.58. The van der Waals surface area contributed by atoms with Gasteiger partial charge in [0.05, 0.1) is 30.8 Å². The van der Waals surface area contributed by atoms with Gasteiger partial charge in [-0.15, -0.1) is 0 Å². The summed E-state index contributed by atoms with van der Waals surface area (Å²) in [6.07, 6.45) is 1.91. The van der Waals surface area contributed by atoms with Crippen molar-refractivity contribution in [3.8, 4) is 11.5 Å². The van der Waals surface area contributed by atoms with E-state index >= 15 is 0 Å². The Hall–Kier alpha value is -1.79. The molecule has 1 fully saturated rings. The lowest BCUT2D eigenvalue weighted by molar-refractivity contribution is -0.0383. The normalized spacial score (nSPS) is 24.2. The quantitative estimate of drug-likeness (QED) is 0.735. The minimum atomic E-state index is -0.231. The van der Waals surface area contributed by atoms with Crippen molar-refractivity contribution >= 4 is 21.6 Å². The predicted octanol–water partition coefficient (Wildman–Crippen LogP) is 5.24. The second-order valence-corrected chi connectivity index (χ2v) is 7.54. The van der Waals surface area contributed by atoms with Gasteiger partial charge in [-0.1, -0.05) is 0 Å². The number of hydrogen-bond acceptors (Lipinski definition) is 4. The molecule has 26 heavy (non-hydrogen) atoms. The van der Waals surface area contributed by atoms with Crippen LogP contribution in [0.5, 0.6) is 11.5 Å². The number of anilines is 1. The zero-order valence-electron chi connectivity index (χ0n) is 14.7. The highest BCUT2D eigenvalue weighted by Gasteiger charge is 2.40. The molecule has 138 valence electrons. The summed E-state index contributed by atoms with van der Waals surface area (Å²) in [5.74, 6) is 1.34. The minimum Gasteiger partial charge on any atom is -0.493 e. The minimum absolute atomic E-state index is 0.0503. The smallest absolute Gasteiger partial charge is 0.174 e. The van der Waals surface area contributed by atoms with Crippen LogP contribution in [0.3, 0.4) is 0 Å². The number of hydrogen-bond donors (Lipinski definition) is 1. The van der Waals surface area contributed by atoms with Crippen LogP contribution in [0.1, 0.15) is 36.1 Å². The van der Waals surface area contributed by atoms with Crippen LogP contribution in [0.2, 0.25) is 0 Å². The van der Waals surface area contributed by atoms with Crippen molar-refractivity contribution in [2.75, 3.05) is 26.1 Å². The molecule has 4 rings (SSSR count). The average molecular weight is 422 g/mol. The Balaban J connectivity index is 1.79. The fourth-order valence-electron chi connectivity index (χ4n) is 4.09. The molecule has 0 spiro atoms. The van der Waals surface area contributed by atoms with E-state index in [9.17, 15) is 4.39 Å². The third-order valence-electron chi connectivity index (χ3n) is 5.24. The molecule has 2 aromatic rings. The molecule has 0 bridgehead atoms. The summed E-state index contributed by atoms with van der Waals surface area (Å²) in [5, 5.41) is 3.59. The van der Waals surface area contributed by atoms with E-state index in [0.717, 1.165) is 34.1 Å². The van der Waals surface area contributed by atoms with Gasteiger partial charge in [-0.3, -0.25) is 0 Å². The molecule has 0 aliphatic carbocycles. The molecule has 3 atom stereocenters. The zero-order chi connectivity index (χ0) is 18.3. The summed E-state index contributed by atoms with van der Waals surface area (Å²) in [6, 6.07) is 8.97. The lowest BCUT2D eigenvalue weighted by atomic mass is 9.77. The third-order valence-corrected chi connectivity index (χ3v) is 5.83. The van der Waals surface area contributed by atoms with E-state index in [-0.39, 0.29) is 23.9 Å². The van der Waals surface area contributed by atoms with Gasteiger partial charge in [0.1, 0.15) is 5.82 Å². The molecular weight excluding hydrogens is 401 g/mol. The second kappa shape index (κ2) is 7.08. The summed E-state index contributed by atoms with van der Waals surface area (Å²) in [5.41, 5.74) is 2.92.